The van der Waals surface area contributed by atoms with Crippen molar-refractivity contribution in [2.24, 2.45) is 5.92 Å². The first kappa shape index (κ1) is 13.1. The number of aromatic amines is 1. The van der Waals surface area contributed by atoms with E-state index in [9.17, 15) is 4.79 Å². The van der Waals surface area contributed by atoms with Gasteiger partial charge in [0.15, 0.2) is 0 Å². The molecule has 1 fully saturated rings. The highest BCUT2D eigenvalue weighted by Gasteiger charge is 2.17. The Kier molecular flexibility index (Phi) is 4.42. The Hall–Kier alpha value is -1.29. The zero-order chi connectivity index (χ0) is 13.0. The number of methoxy groups -OCH3 is 1. The molecule has 0 atom stereocenters. The van der Waals surface area contributed by atoms with Gasteiger partial charge in [-0.2, -0.15) is 0 Å². The number of H-pyrrole nitrogens is 1. The Labute approximate surface area is 108 Å². The van der Waals surface area contributed by atoms with Crippen LogP contribution >= 0.6 is 0 Å². The summed E-state index contributed by atoms with van der Waals surface area (Å²) >= 11 is 0. The third-order valence-electron chi connectivity index (χ3n) is 3.75. The maximum atomic E-state index is 11.3. The second-order valence-corrected chi connectivity index (χ2v) is 5.23. The predicted molar refractivity (Wildman–Crippen MR) is 70.4 cm³/mol. The van der Waals surface area contributed by atoms with Gasteiger partial charge in [-0.05, 0) is 43.7 Å². The molecule has 1 aliphatic rings. The van der Waals surface area contributed by atoms with Crippen molar-refractivity contribution >= 4 is 5.97 Å². The summed E-state index contributed by atoms with van der Waals surface area (Å²) in [5, 5.41) is 3.55. The fourth-order valence-corrected chi connectivity index (χ4v) is 2.49. The summed E-state index contributed by atoms with van der Waals surface area (Å²) in [6.45, 7) is 3.11. The van der Waals surface area contributed by atoms with Crippen LogP contribution in [0.1, 0.15) is 48.8 Å². The first-order chi connectivity index (χ1) is 8.69. The summed E-state index contributed by atoms with van der Waals surface area (Å²) in [6, 6.07) is 4.32. The summed E-state index contributed by atoms with van der Waals surface area (Å²) in [7, 11) is 1.39. The van der Waals surface area contributed by atoms with Gasteiger partial charge in [0, 0.05) is 18.3 Å². The van der Waals surface area contributed by atoms with E-state index < -0.39 is 0 Å². The molecule has 1 aromatic heterocycles. The van der Waals surface area contributed by atoms with E-state index in [0.29, 0.717) is 11.7 Å². The molecule has 18 heavy (non-hydrogen) atoms. The lowest BCUT2D eigenvalue weighted by Crippen LogP contribution is -2.32. The van der Waals surface area contributed by atoms with Gasteiger partial charge < -0.3 is 15.0 Å². The molecular weight excluding hydrogens is 228 g/mol. The average molecular weight is 250 g/mol. The van der Waals surface area contributed by atoms with Gasteiger partial charge in [-0.3, -0.25) is 0 Å². The molecule has 1 aliphatic carbocycles. The molecule has 100 valence electrons. The van der Waals surface area contributed by atoms with Crippen LogP contribution in [0.15, 0.2) is 12.1 Å². The molecule has 0 aromatic carbocycles. The van der Waals surface area contributed by atoms with Crippen molar-refractivity contribution in [2.45, 2.75) is 45.2 Å². The van der Waals surface area contributed by atoms with Crippen LogP contribution in [0.2, 0.25) is 0 Å². The number of aromatic nitrogens is 1. The Bertz CT molecular complexity index is 392. The molecule has 0 saturated heterocycles. The lowest BCUT2D eigenvalue weighted by atomic mass is 9.87. The van der Waals surface area contributed by atoms with E-state index in [2.05, 4.69) is 22.0 Å². The number of esters is 1. The van der Waals surface area contributed by atoms with Crippen LogP contribution in [0, 0.1) is 5.92 Å². The monoisotopic (exact) mass is 250 g/mol. The molecule has 2 rings (SSSR count). The largest absolute Gasteiger partial charge is 0.464 e. The Balaban J connectivity index is 1.79. The molecule has 4 heteroatoms. The number of hydrogen-bond acceptors (Lipinski definition) is 3. The maximum absolute atomic E-state index is 11.3. The fraction of sp³-hybridized carbons (Fsp3) is 0.643. The smallest absolute Gasteiger partial charge is 0.354 e. The van der Waals surface area contributed by atoms with Crippen molar-refractivity contribution in [2.75, 3.05) is 7.11 Å². The third kappa shape index (κ3) is 3.35. The Morgan fingerprint density at radius 3 is 2.78 bits per heavy atom. The van der Waals surface area contributed by atoms with Crippen LogP contribution in [0.5, 0.6) is 0 Å². The van der Waals surface area contributed by atoms with Crippen LogP contribution in [0.4, 0.5) is 0 Å². The fourth-order valence-electron chi connectivity index (χ4n) is 2.49. The lowest BCUT2D eigenvalue weighted by Gasteiger charge is -2.26. The van der Waals surface area contributed by atoms with Crippen molar-refractivity contribution < 1.29 is 9.53 Å². The standard InChI is InChI=1S/C14H22N2O2/c1-10-3-5-11(6-4-10)15-9-12-7-8-13(16-12)14(17)18-2/h7-8,10-11,15-16H,3-6,9H2,1-2H3. The van der Waals surface area contributed by atoms with Crippen molar-refractivity contribution in [3.05, 3.63) is 23.5 Å². The first-order valence-corrected chi connectivity index (χ1v) is 6.68. The van der Waals surface area contributed by atoms with E-state index >= 15 is 0 Å². The van der Waals surface area contributed by atoms with E-state index in [1.54, 1.807) is 6.07 Å². The minimum Gasteiger partial charge on any atom is -0.464 e. The molecular formula is C14H22N2O2. The van der Waals surface area contributed by atoms with Gasteiger partial charge >= 0.3 is 5.97 Å². The number of ether oxygens (including phenoxy) is 1. The number of rotatable bonds is 4. The van der Waals surface area contributed by atoms with Crippen LogP contribution in [0.3, 0.4) is 0 Å². The van der Waals surface area contributed by atoms with Gasteiger partial charge in [-0.25, -0.2) is 4.79 Å². The van der Waals surface area contributed by atoms with Crippen molar-refractivity contribution in [3.8, 4) is 0 Å². The quantitative estimate of drug-likeness (QED) is 0.807. The Morgan fingerprint density at radius 2 is 2.11 bits per heavy atom. The highest BCUT2D eigenvalue weighted by molar-refractivity contribution is 5.87. The van der Waals surface area contributed by atoms with E-state index in [-0.39, 0.29) is 5.97 Å². The van der Waals surface area contributed by atoms with Gasteiger partial charge in [0.25, 0.3) is 0 Å². The van der Waals surface area contributed by atoms with Crippen LogP contribution in [-0.2, 0) is 11.3 Å². The van der Waals surface area contributed by atoms with E-state index in [1.807, 2.05) is 6.07 Å². The maximum Gasteiger partial charge on any atom is 0.354 e. The molecule has 1 heterocycles. The van der Waals surface area contributed by atoms with Crippen molar-refractivity contribution in [1.82, 2.24) is 10.3 Å². The van der Waals surface area contributed by atoms with E-state index in [4.69, 9.17) is 0 Å². The van der Waals surface area contributed by atoms with Crippen LogP contribution < -0.4 is 5.32 Å². The third-order valence-corrected chi connectivity index (χ3v) is 3.75. The number of nitrogens with one attached hydrogen (secondary N) is 2. The van der Waals surface area contributed by atoms with Gasteiger partial charge in [0.1, 0.15) is 5.69 Å². The van der Waals surface area contributed by atoms with Gasteiger partial charge in [0.05, 0.1) is 7.11 Å². The van der Waals surface area contributed by atoms with Crippen LogP contribution in [-0.4, -0.2) is 24.1 Å². The molecule has 0 bridgehead atoms. The Morgan fingerprint density at radius 1 is 1.39 bits per heavy atom. The molecule has 0 unspecified atom stereocenters. The summed E-state index contributed by atoms with van der Waals surface area (Å²) in [5.74, 6) is 0.562. The minimum absolute atomic E-state index is 0.312. The van der Waals surface area contributed by atoms with Crippen LogP contribution in [0.25, 0.3) is 0 Å². The molecule has 1 aromatic rings. The molecule has 1 saturated carbocycles. The zero-order valence-electron chi connectivity index (χ0n) is 11.2. The summed E-state index contributed by atoms with van der Waals surface area (Å²) in [6.07, 6.45) is 5.14. The summed E-state index contributed by atoms with van der Waals surface area (Å²) in [4.78, 5) is 14.4. The van der Waals surface area contributed by atoms with Gasteiger partial charge in [-0.15, -0.1) is 0 Å². The topological polar surface area (TPSA) is 54.1 Å². The number of hydrogen-bond donors (Lipinski definition) is 2. The first-order valence-electron chi connectivity index (χ1n) is 6.68. The molecule has 2 N–H and O–H groups in total. The SMILES string of the molecule is COC(=O)c1ccc(CNC2CCC(C)CC2)[nH]1. The van der Waals surface area contributed by atoms with Gasteiger partial charge in [-0.1, -0.05) is 6.92 Å². The summed E-state index contributed by atoms with van der Waals surface area (Å²) in [5.41, 5.74) is 1.56. The highest BCUT2D eigenvalue weighted by Crippen LogP contribution is 2.23. The number of carbonyl (C=O) groups excluding carboxylic acids is 1. The zero-order valence-corrected chi connectivity index (χ0v) is 11.2. The summed E-state index contributed by atoms with van der Waals surface area (Å²) < 4.78 is 4.67. The van der Waals surface area contributed by atoms with Crippen molar-refractivity contribution in [1.29, 1.82) is 0 Å². The highest BCUT2D eigenvalue weighted by atomic mass is 16.5. The molecule has 4 nitrogen and oxygen atoms in total. The minimum atomic E-state index is -0.312. The second-order valence-electron chi connectivity index (χ2n) is 5.23. The normalized spacial score (nSPS) is 23.9. The molecule has 0 amide bonds. The van der Waals surface area contributed by atoms with Gasteiger partial charge in [0.2, 0.25) is 0 Å². The average Bonchev–Trinajstić information content (AvgIpc) is 2.86. The number of carbonyl (C=O) groups is 1. The van der Waals surface area contributed by atoms with E-state index in [1.165, 1.54) is 32.8 Å². The molecule has 0 spiro atoms. The van der Waals surface area contributed by atoms with Crippen molar-refractivity contribution in [3.63, 3.8) is 0 Å². The van der Waals surface area contributed by atoms with E-state index in [0.717, 1.165) is 18.2 Å². The molecule has 0 radical (unpaired) electrons. The molecule has 0 aliphatic heterocycles. The predicted octanol–water partition coefficient (Wildman–Crippen LogP) is 2.47. The lowest BCUT2D eigenvalue weighted by molar-refractivity contribution is 0.0594. The second kappa shape index (κ2) is 6.05.